The Morgan fingerprint density at radius 1 is 1.11 bits per heavy atom. The minimum atomic E-state index is -0.526. The van der Waals surface area contributed by atoms with Crippen LogP contribution in [0.2, 0.25) is 0 Å². The molecule has 1 N–H and O–H groups in total. The molecule has 0 radical (unpaired) electrons. The average molecular weight is 504 g/mol. The smallest absolute Gasteiger partial charge is 0.355 e. The van der Waals surface area contributed by atoms with E-state index in [4.69, 9.17) is 9.47 Å². The number of esters is 1. The van der Waals surface area contributed by atoms with Crippen LogP contribution in [0, 0.1) is 0 Å². The molecule has 0 spiro atoms. The summed E-state index contributed by atoms with van der Waals surface area (Å²) in [6, 6.07) is 15.2. The normalized spacial score (nSPS) is 14.9. The number of rotatable bonds is 8. The number of para-hydroxylation sites is 1. The lowest BCUT2D eigenvalue weighted by molar-refractivity contribution is -0.144. The van der Waals surface area contributed by atoms with E-state index in [0.717, 1.165) is 35.1 Å². The first-order chi connectivity index (χ1) is 17.6. The van der Waals surface area contributed by atoms with Crippen molar-refractivity contribution in [2.24, 2.45) is 0 Å². The van der Waals surface area contributed by atoms with Crippen molar-refractivity contribution < 1.29 is 19.1 Å². The molecule has 1 aliphatic heterocycles. The molecule has 37 heavy (non-hydrogen) atoms. The summed E-state index contributed by atoms with van der Waals surface area (Å²) in [5.41, 5.74) is 3.11. The van der Waals surface area contributed by atoms with E-state index in [0.29, 0.717) is 24.5 Å². The fourth-order valence-corrected chi connectivity index (χ4v) is 4.84. The summed E-state index contributed by atoms with van der Waals surface area (Å²) in [6.07, 6.45) is 2.32. The van der Waals surface area contributed by atoms with Gasteiger partial charge in [-0.15, -0.1) is 0 Å². The minimum Gasteiger partial charge on any atom is -0.494 e. The van der Waals surface area contributed by atoms with Gasteiger partial charge in [0.1, 0.15) is 11.4 Å². The summed E-state index contributed by atoms with van der Waals surface area (Å²) in [4.78, 5) is 34.4. The molecule has 2 heterocycles. The van der Waals surface area contributed by atoms with Crippen molar-refractivity contribution in [1.29, 1.82) is 0 Å². The van der Waals surface area contributed by atoms with E-state index in [1.165, 1.54) is 0 Å². The fraction of sp³-hybridized carbons (Fsp3) is 0.400. The van der Waals surface area contributed by atoms with Crippen LogP contribution < -0.4 is 4.74 Å². The first-order valence-electron chi connectivity index (χ1n) is 12.8. The summed E-state index contributed by atoms with van der Waals surface area (Å²) < 4.78 is 11.5. The van der Waals surface area contributed by atoms with E-state index in [2.05, 4.69) is 29.8 Å². The van der Waals surface area contributed by atoms with Crippen molar-refractivity contribution in [3.05, 3.63) is 71.0 Å². The van der Waals surface area contributed by atoms with E-state index < -0.39 is 11.4 Å². The van der Waals surface area contributed by atoms with E-state index in [-0.39, 0.29) is 17.7 Å². The average Bonchev–Trinajstić information content (AvgIpc) is 3.17. The Morgan fingerprint density at radius 2 is 1.86 bits per heavy atom. The van der Waals surface area contributed by atoms with Gasteiger partial charge in [0.15, 0.2) is 0 Å². The predicted octanol–water partition coefficient (Wildman–Crippen LogP) is 5.22. The maximum Gasteiger partial charge on any atom is 0.355 e. The van der Waals surface area contributed by atoms with Crippen LogP contribution in [-0.2, 0) is 14.9 Å². The van der Waals surface area contributed by atoms with Gasteiger partial charge >= 0.3 is 5.97 Å². The van der Waals surface area contributed by atoms with Crippen LogP contribution in [0.4, 0.5) is 0 Å². The zero-order chi connectivity index (χ0) is 26.7. The lowest BCUT2D eigenvalue weighted by Gasteiger charge is -2.32. The number of fused-ring (bicyclic) bond motifs is 3. The van der Waals surface area contributed by atoms with Gasteiger partial charge in [-0.2, -0.15) is 0 Å². The largest absolute Gasteiger partial charge is 0.494 e. The Balaban J connectivity index is 1.71. The van der Waals surface area contributed by atoms with Gasteiger partial charge in [-0.3, -0.25) is 4.79 Å². The lowest BCUT2D eigenvalue weighted by Crippen LogP contribution is -2.41. The van der Waals surface area contributed by atoms with Crippen LogP contribution in [0.25, 0.3) is 17.0 Å². The number of benzene rings is 2. The van der Waals surface area contributed by atoms with Crippen molar-refractivity contribution in [2.45, 2.75) is 45.6 Å². The number of carbonyl (C=O) groups is 2. The number of amides is 1. The summed E-state index contributed by atoms with van der Waals surface area (Å²) in [6.45, 7) is 9.59. The Labute approximate surface area is 219 Å². The number of ether oxygens (including phenoxy) is 2. The van der Waals surface area contributed by atoms with Crippen molar-refractivity contribution >= 4 is 28.9 Å². The Kier molecular flexibility index (Phi) is 7.73. The van der Waals surface area contributed by atoms with Gasteiger partial charge in [0.25, 0.3) is 5.91 Å². The standard InChI is InChI=1S/C30H37N3O4/c1-20(2)37-29(35)26-18-25-27(23-13-7-8-14-24(23)31-25)30(3,4)19-33(26)28(34)21-11-9-12-22(17-21)36-16-10-15-32(5)6/h7-9,11-14,17-18,20,31H,10,15-16,19H2,1-6H3. The molecule has 0 aliphatic carbocycles. The highest BCUT2D eigenvalue weighted by atomic mass is 16.5. The summed E-state index contributed by atoms with van der Waals surface area (Å²) in [5.74, 6) is -0.167. The van der Waals surface area contributed by atoms with Crippen molar-refractivity contribution in [3.63, 3.8) is 0 Å². The quantitative estimate of drug-likeness (QED) is 0.337. The minimum absolute atomic E-state index is 0.217. The lowest BCUT2D eigenvalue weighted by atomic mass is 9.82. The third-order valence-corrected chi connectivity index (χ3v) is 6.43. The molecule has 1 aromatic heterocycles. The molecule has 1 amide bonds. The number of H-pyrrole nitrogens is 1. The molecule has 3 aromatic rings. The highest BCUT2D eigenvalue weighted by molar-refractivity contribution is 6.05. The van der Waals surface area contributed by atoms with Gasteiger partial charge in [-0.25, -0.2) is 4.79 Å². The maximum atomic E-state index is 14.0. The molecule has 196 valence electrons. The highest BCUT2D eigenvalue weighted by Crippen LogP contribution is 2.39. The summed E-state index contributed by atoms with van der Waals surface area (Å²) >= 11 is 0. The molecule has 0 atom stereocenters. The zero-order valence-electron chi connectivity index (χ0n) is 22.6. The second-order valence-electron chi connectivity index (χ2n) is 10.8. The number of nitrogens with one attached hydrogen (secondary N) is 1. The van der Waals surface area contributed by atoms with Crippen molar-refractivity contribution in [3.8, 4) is 5.75 Å². The monoisotopic (exact) mass is 503 g/mol. The first kappa shape index (κ1) is 26.5. The number of carbonyl (C=O) groups excluding carboxylic acids is 2. The van der Waals surface area contributed by atoms with Crippen molar-refractivity contribution in [1.82, 2.24) is 14.8 Å². The van der Waals surface area contributed by atoms with Crippen LogP contribution in [0.3, 0.4) is 0 Å². The van der Waals surface area contributed by atoms with Gasteiger partial charge < -0.3 is 24.3 Å². The summed E-state index contributed by atoms with van der Waals surface area (Å²) in [5, 5.41) is 1.08. The Bertz CT molecular complexity index is 1320. The highest BCUT2D eigenvalue weighted by Gasteiger charge is 2.38. The molecule has 7 heteroatoms. The molecule has 0 saturated carbocycles. The van der Waals surface area contributed by atoms with Crippen LogP contribution in [0.5, 0.6) is 5.75 Å². The van der Waals surface area contributed by atoms with Gasteiger partial charge in [0.05, 0.1) is 12.7 Å². The van der Waals surface area contributed by atoms with E-state index >= 15 is 0 Å². The summed E-state index contributed by atoms with van der Waals surface area (Å²) in [7, 11) is 4.05. The molecule has 0 unspecified atom stereocenters. The first-order valence-corrected chi connectivity index (χ1v) is 12.8. The van der Waals surface area contributed by atoms with E-state index in [9.17, 15) is 9.59 Å². The molecule has 7 nitrogen and oxygen atoms in total. The molecule has 0 saturated heterocycles. The van der Waals surface area contributed by atoms with Crippen LogP contribution in [-0.4, -0.2) is 66.6 Å². The number of nitrogens with zero attached hydrogens (tertiary/aromatic N) is 2. The second-order valence-corrected chi connectivity index (χ2v) is 10.8. The molecular weight excluding hydrogens is 466 g/mol. The molecule has 0 fully saturated rings. The van der Waals surface area contributed by atoms with E-state index in [1.54, 1.807) is 37.0 Å². The Hall–Kier alpha value is -3.58. The molecule has 4 rings (SSSR count). The van der Waals surface area contributed by atoms with Crippen LogP contribution in [0.15, 0.2) is 54.2 Å². The molecule has 2 aromatic carbocycles. The van der Waals surface area contributed by atoms with Crippen molar-refractivity contribution in [2.75, 3.05) is 33.8 Å². The number of aromatic amines is 1. The van der Waals surface area contributed by atoms with Gasteiger partial charge in [-0.1, -0.05) is 38.1 Å². The second kappa shape index (κ2) is 10.8. The van der Waals surface area contributed by atoms with E-state index in [1.807, 2.05) is 44.4 Å². The molecule has 1 aliphatic rings. The predicted molar refractivity (Wildman–Crippen MR) is 147 cm³/mol. The molecular formula is C30H37N3O4. The molecule has 0 bridgehead atoms. The SMILES string of the molecule is CC(C)OC(=O)C1=Cc2[nH]c3ccccc3c2C(C)(C)CN1C(=O)c1cccc(OCCCN(C)C)c1. The fourth-order valence-electron chi connectivity index (χ4n) is 4.84. The zero-order valence-corrected chi connectivity index (χ0v) is 22.6. The van der Waals surface area contributed by atoms with Gasteiger partial charge in [0.2, 0.25) is 0 Å². The van der Waals surface area contributed by atoms with Crippen LogP contribution >= 0.6 is 0 Å². The van der Waals surface area contributed by atoms with Gasteiger partial charge in [0, 0.05) is 40.7 Å². The third kappa shape index (κ3) is 5.88. The Morgan fingerprint density at radius 3 is 2.59 bits per heavy atom. The van der Waals surface area contributed by atoms with Crippen LogP contribution in [0.1, 0.15) is 55.7 Å². The van der Waals surface area contributed by atoms with Gasteiger partial charge in [-0.05, 0) is 70.3 Å². The maximum absolute atomic E-state index is 14.0. The topological polar surface area (TPSA) is 74.9 Å². The third-order valence-electron chi connectivity index (χ3n) is 6.43. The number of hydrogen-bond acceptors (Lipinski definition) is 5. The number of aromatic nitrogens is 1. The number of hydrogen-bond donors (Lipinski definition) is 1.